The summed E-state index contributed by atoms with van der Waals surface area (Å²) in [4.78, 5) is 2.35. The van der Waals surface area contributed by atoms with Crippen LogP contribution in [0.5, 0.6) is 0 Å². The van der Waals surface area contributed by atoms with Crippen molar-refractivity contribution in [1.29, 1.82) is 0 Å². The monoisotopic (exact) mass is 258 g/mol. The van der Waals surface area contributed by atoms with Crippen molar-refractivity contribution in [2.24, 2.45) is 11.3 Å². The lowest BCUT2D eigenvalue weighted by molar-refractivity contribution is 0.188. The molecule has 0 amide bonds. The Morgan fingerprint density at radius 3 is 2.47 bits per heavy atom. The van der Waals surface area contributed by atoms with Crippen LogP contribution in [0.4, 0.5) is 0 Å². The molecule has 1 aliphatic heterocycles. The molecule has 1 aliphatic rings. The first-order valence-electron chi connectivity index (χ1n) is 6.82. The van der Waals surface area contributed by atoms with Crippen LogP contribution < -0.4 is 5.32 Å². The maximum atomic E-state index is 3.81. The highest BCUT2D eigenvalue weighted by molar-refractivity contribution is 7.99. The number of hydrogen-bond acceptors (Lipinski definition) is 3. The Morgan fingerprint density at radius 2 is 2.00 bits per heavy atom. The van der Waals surface area contributed by atoms with E-state index in [2.05, 4.69) is 63.8 Å². The van der Waals surface area contributed by atoms with Crippen LogP contribution in [0.25, 0.3) is 0 Å². The first-order chi connectivity index (χ1) is 7.84. The molecule has 0 radical (unpaired) electrons. The Hall–Kier alpha value is 0.270. The lowest BCUT2D eigenvalue weighted by Gasteiger charge is -2.40. The Bertz CT molecular complexity index is 218. The number of rotatable bonds is 5. The van der Waals surface area contributed by atoms with E-state index in [0.717, 1.165) is 6.54 Å². The van der Waals surface area contributed by atoms with E-state index >= 15 is 0 Å². The third-order valence-corrected chi connectivity index (χ3v) is 5.19. The van der Waals surface area contributed by atoms with Crippen molar-refractivity contribution in [3.63, 3.8) is 0 Å². The van der Waals surface area contributed by atoms with Gasteiger partial charge in [0.25, 0.3) is 0 Å². The fourth-order valence-electron chi connectivity index (χ4n) is 2.55. The third kappa shape index (κ3) is 4.46. The number of nitrogens with zero attached hydrogens (tertiary/aromatic N) is 1. The van der Waals surface area contributed by atoms with E-state index in [9.17, 15) is 0 Å². The van der Waals surface area contributed by atoms with Gasteiger partial charge < -0.3 is 10.2 Å². The Labute approximate surface area is 112 Å². The predicted molar refractivity (Wildman–Crippen MR) is 79.8 cm³/mol. The minimum absolute atomic E-state index is 0.457. The van der Waals surface area contributed by atoms with Gasteiger partial charge in [0.15, 0.2) is 0 Å². The highest BCUT2D eigenvalue weighted by Gasteiger charge is 2.32. The molecular weight excluding hydrogens is 228 g/mol. The van der Waals surface area contributed by atoms with Crippen LogP contribution in [-0.4, -0.2) is 49.1 Å². The quantitative estimate of drug-likeness (QED) is 0.816. The minimum atomic E-state index is 0.457. The van der Waals surface area contributed by atoms with Crippen LogP contribution in [0.1, 0.15) is 34.1 Å². The van der Waals surface area contributed by atoms with Crippen molar-refractivity contribution in [2.75, 3.05) is 32.1 Å². The molecule has 3 heteroatoms. The van der Waals surface area contributed by atoms with E-state index in [0.29, 0.717) is 23.4 Å². The van der Waals surface area contributed by atoms with Crippen LogP contribution in [0.3, 0.4) is 0 Å². The molecule has 0 aromatic rings. The third-order valence-electron chi connectivity index (χ3n) is 4.12. The zero-order valence-electron chi connectivity index (χ0n) is 12.4. The standard InChI is InChI=1S/C14H30N2S/c1-11(2)12(16(5)6)9-15-13-10-17-8-7-14(13,3)4/h11-13,15H,7-10H2,1-6H3. The Morgan fingerprint density at radius 1 is 1.35 bits per heavy atom. The zero-order chi connectivity index (χ0) is 13.1. The molecule has 1 N–H and O–H groups in total. The molecule has 1 heterocycles. The molecular formula is C14H30N2S. The predicted octanol–water partition coefficient (Wildman–Crippen LogP) is 2.69. The molecule has 0 aliphatic carbocycles. The number of nitrogens with one attached hydrogen (secondary N) is 1. The SMILES string of the molecule is CC(C)C(CNC1CSCCC1(C)C)N(C)C. The summed E-state index contributed by atoms with van der Waals surface area (Å²) in [6.45, 7) is 10.5. The molecule has 0 saturated carbocycles. The molecule has 2 unspecified atom stereocenters. The number of hydrogen-bond donors (Lipinski definition) is 1. The average Bonchev–Trinajstić information content (AvgIpc) is 2.19. The molecule has 1 fully saturated rings. The fourth-order valence-corrected chi connectivity index (χ4v) is 4.19. The van der Waals surface area contributed by atoms with Gasteiger partial charge in [0.05, 0.1) is 0 Å². The van der Waals surface area contributed by atoms with Gasteiger partial charge in [-0.25, -0.2) is 0 Å². The van der Waals surface area contributed by atoms with Gasteiger partial charge in [0.2, 0.25) is 0 Å². The van der Waals surface area contributed by atoms with Gasteiger partial charge in [0.1, 0.15) is 0 Å². The topological polar surface area (TPSA) is 15.3 Å². The summed E-state index contributed by atoms with van der Waals surface area (Å²) in [7, 11) is 4.38. The summed E-state index contributed by atoms with van der Waals surface area (Å²) in [5, 5.41) is 3.81. The first kappa shape index (κ1) is 15.3. The van der Waals surface area contributed by atoms with E-state index in [-0.39, 0.29) is 0 Å². The average molecular weight is 258 g/mol. The second-order valence-corrected chi connectivity index (χ2v) is 7.70. The van der Waals surface area contributed by atoms with Gasteiger partial charge in [-0.15, -0.1) is 0 Å². The smallest absolute Gasteiger partial charge is 0.0237 e. The summed E-state index contributed by atoms with van der Waals surface area (Å²) < 4.78 is 0. The van der Waals surface area contributed by atoms with Crippen molar-refractivity contribution < 1.29 is 0 Å². The second kappa shape index (κ2) is 6.44. The molecule has 1 rings (SSSR count). The van der Waals surface area contributed by atoms with Crippen LogP contribution in [0.2, 0.25) is 0 Å². The van der Waals surface area contributed by atoms with Gasteiger partial charge in [-0.2, -0.15) is 11.8 Å². The van der Waals surface area contributed by atoms with Crippen LogP contribution in [-0.2, 0) is 0 Å². The molecule has 2 nitrogen and oxygen atoms in total. The van der Waals surface area contributed by atoms with E-state index in [4.69, 9.17) is 0 Å². The first-order valence-corrected chi connectivity index (χ1v) is 7.97. The molecule has 0 aromatic carbocycles. The van der Waals surface area contributed by atoms with Gasteiger partial charge in [-0.1, -0.05) is 27.7 Å². The number of thioether (sulfide) groups is 1. The molecule has 102 valence electrons. The molecule has 2 atom stereocenters. The summed E-state index contributed by atoms with van der Waals surface area (Å²) in [5.74, 6) is 3.30. The van der Waals surface area contributed by atoms with Gasteiger partial charge in [-0.05, 0) is 37.6 Å². The Balaban J connectivity index is 2.47. The molecule has 0 bridgehead atoms. The van der Waals surface area contributed by atoms with Gasteiger partial charge in [0, 0.05) is 24.4 Å². The summed E-state index contributed by atoms with van der Waals surface area (Å²) >= 11 is 2.10. The largest absolute Gasteiger partial charge is 0.311 e. The summed E-state index contributed by atoms with van der Waals surface area (Å²) in [6, 6.07) is 1.31. The van der Waals surface area contributed by atoms with Crippen molar-refractivity contribution in [1.82, 2.24) is 10.2 Å². The van der Waals surface area contributed by atoms with Crippen LogP contribution in [0, 0.1) is 11.3 Å². The van der Waals surface area contributed by atoms with Crippen molar-refractivity contribution in [3.05, 3.63) is 0 Å². The minimum Gasteiger partial charge on any atom is -0.311 e. The lowest BCUT2D eigenvalue weighted by atomic mass is 9.82. The highest BCUT2D eigenvalue weighted by Crippen LogP contribution is 2.34. The fraction of sp³-hybridized carbons (Fsp3) is 1.00. The summed E-state index contributed by atoms with van der Waals surface area (Å²) in [6.07, 6.45) is 1.34. The maximum absolute atomic E-state index is 3.81. The molecule has 0 spiro atoms. The molecule has 0 aromatic heterocycles. The normalized spacial score (nSPS) is 26.5. The Kier molecular flexibility index (Phi) is 5.81. The van der Waals surface area contributed by atoms with Crippen LogP contribution in [0.15, 0.2) is 0 Å². The lowest BCUT2D eigenvalue weighted by Crippen LogP contribution is -2.51. The van der Waals surface area contributed by atoms with Crippen molar-refractivity contribution in [2.45, 2.75) is 46.2 Å². The van der Waals surface area contributed by atoms with E-state index in [1.165, 1.54) is 17.9 Å². The van der Waals surface area contributed by atoms with Crippen molar-refractivity contribution in [3.8, 4) is 0 Å². The van der Waals surface area contributed by atoms with Crippen LogP contribution >= 0.6 is 11.8 Å². The maximum Gasteiger partial charge on any atom is 0.0237 e. The number of likely N-dealkylation sites (N-methyl/N-ethyl adjacent to an activating group) is 1. The van der Waals surface area contributed by atoms with Gasteiger partial charge in [-0.3, -0.25) is 0 Å². The van der Waals surface area contributed by atoms with E-state index in [1.54, 1.807) is 0 Å². The second-order valence-electron chi connectivity index (χ2n) is 6.55. The van der Waals surface area contributed by atoms with Gasteiger partial charge >= 0.3 is 0 Å². The summed E-state index contributed by atoms with van der Waals surface area (Å²) in [5.41, 5.74) is 0.457. The molecule has 1 saturated heterocycles. The van der Waals surface area contributed by atoms with E-state index in [1.807, 2.05) is 0 Å². The zero-order valence-corrected chi connectivity index (χ0v) is 13.2. The molecule has 17 heavy (non-hydrogen) atoms. The van der Waals surface area contributed by atoms with Crippen molar-refractivity contribution >= 4 is 11.8 Å². The highest BCUT2D eigenvalue weighted by atomic mass is 32.2. The van der Waals surface area contributed by atoms with E-state index < -0.39 is 0 Å².